The molecule has 5 nitrogen and oxygen atoms in total. The van der Waals surface area contributed by atoms with E-state index in [2.05, 4.69) is 12.4 Å². The highest BCUT2D eigenvalue weighted by atomic mass is 16.7. The van der Waals surface area contributed by atoms with E-state index in [4.69, 9.17) is 9.94 Å². The molecular formula is C14H21NO4. The average molecular weight is 267 g/mol. The number of carbonyl (C=O) groups is 2. The van der Waals surface area contributed by atoms with Crippen molar-refractivity contribution in [1.82, 2.24) is 5.48 Å². The maximum atomic E-state index is 12.4. The van der Waals surface area contributed by atoms with Crippen molar-refractivity contribution in [3.63, 3.8) is 0 Å². The van der Waals surface area contributed by atoms with Crippen molar-refractivity contribution in [2.24, 2.45) is 22.7 Å². The first kappa shape index (κ1) is 12.9. The van der Waals surface area contributed by atoms with Crippen LogP contribution in [-0.2, 0) is 14.4 Å². The molecule has 4 rings (SSSR count). The Labute approximate surface area is 112 Å². The molecule has 0 saturated heterocycles. The molecule has 2 unspecified atom stereocenters. The van der Waals surface area contributed by atoms with Gasteiger partial charge in [-0.3, -0.25) is 9.63 Å². The lowest BCUT2D eigenvalue weighted by Crippen LogP contribution is -2.56. The van der Waals surface area contributed by atoms with Crippen LogP contribution in [-0.4, -0.2) is 23.6 Å². The molecule has 106 valence electrons. The van der Waals surface area contributed by atoms with Crippen LogP contribution in [0, 0.1) is 22.7 Å². The largest absolute Gasteiger partial charge is 0.479 e. The van der Waals surface area contributed by atoms with Gasteiger partial charge in [-0.1, -0.05) is 6.92 Å². The Balaban J connectivity index is 1.69. The van der Waals surface area contributed by atoms with Crippen LogP contribution in [0.4, 0.5) is 0 Å². The number of hydroxylamine groups is 1. The van der Waals surface area contributed by atoms with Gasteiger partial charge in [0.25, 0.3) is 0 Å². The van der Waals surface area contributed by atoms with Crippen LogP contribution in [0.3, 0.4) is 0 Å². The van der Waals surface area contributed by atoms with Gasteiger partial charge in [-0.05, 0) is 55.8 Å². The van der Waals surface area contributed by atoms with Crippen molar-refractivity contribution in [2.75, 3.05) is 6.61 Å². The molecule has 0 radical (unpaired) electrons. The van der Waals surface area contributed by atoms with Crippen LogP contribution in [0.15, 0.2) is 0 Å². The van der Waals surface area contributed by atoms with Gasteiger partial charge in [0.15, 0.2) is 6.61 Å². The van der Waals surface area contributed by atoms with Gasteiger partial charge < -0.3 is 5.11 Å². The second-order valence-electron chi connectivity index (χ2n) is 7.17. The number of aliphatic carboxylic acids is 1. The van der Waals surface area contributed by atoms with Gasteiger partial charge in [0, 0.05) is 0 Å². The number of amides is 1. The normalized spacial score (nSPS) is 43.2. The van der Waals surface area contributed by atoms with E-state index < -0.39 is 12.6 Å². The highest BCUT2D eigenvalue weighted by Crippen LogP contribution is 2.65. The standard InChI is InChI=1S/C14H21NO4/c1-13-3-9-2-10(4-13)6-14(5-9,8-13)12(18)15-19-7-11(16)17/h9-10H,2-8H2,1H3,(H,15,18)(H,16,17). The Bertz CT molecular complexity index is 406. The first-order valence-electron chi connectivity index (χ1n) is 7.05. The summed E-state index contributed by atoms with van der Waals surface area (Å²) in [5.74, 6) is 0.153. The summed E-state index contributed by atoms with van der Waals surface area (Å²) in [5, 5.41) is 8.53. The van der Waals surface area contributed by atoms with E-state index in [-0.39, 0.29) is 11.3 Å². The molecule has 0 aromatic carbocycles. The molecule has 2 N–H and O–H groups in total. The molecule has 2 atom stereocenters. The van der Waals surface area contributed by atoms with Gasteiger partial charge in [0.1, 0.15) is 0 Å². The van der Waals surface area contributed by atoms with Crippen LogP contribution >= 0.6 is 0 Å². The molecule has 19 heavy (non-hydrogen) atoms. The summed E-state index contributed by atoms with van der Waals surface area (Å²) in [6.07, 6.45) is 6.57. The van der Waals surface area contributed by atoms with Gasteiger partial charge in [-0.15, -0.1) is 0 Å². The fraction of sp³-hybridized carbons (Fsp3) is 0.857. The van der Waals surface area contributed by atoms with E-state index in [1.165, 1.54) is 19.3 Å². The molecule has 0 heterocycles. The molecule has 4 aliphatic carbocycles. The molecule has 4 bridgehead atoms. The Morgan fingerprint density at radius 3 is 2.42 bits per heavy atom. The van der Waals surface area contributed by atoms with Crippen molar-refractivity contribution in [3.8, 4) is 0 Å². The number of carboxylic acid groups (broad SMARTS) is 1. The van der Waals surface area contributed by atoms with Crippen LogP contribution in [0.2, 0.25) is 0 Å². The molecular weight excluding hydrogens is 246 g/mol. The van der Waals surface area contributed by atoms with E-state index >= 15 is 0 Å². The molecule has 5 heteroatoms. The summed E-state index contributed by atoms with van der Waals surface area (Å²) in [7, 11) is 0. The van der Waals surface area contributed by atoms with Crippen LogP contribution in [0.1, 0.15) is 45.4 Å². The topological polar surface area (TPSA) is 75.6 Å². The minimum absolute atomic E-state index is 0.103. The zero-order valence-corrected chi connectivity index (χ0v) is 11.3. The number of hydrogen-bond acceptors (Lipinski definition) is 3. The van der Waals surface area contributed by atoms with E-state index in [0.29, 0.717) is 17.3 Å². The number of rotatable bonds is 4. The molecule has 0 spiro atoms. The predicted molar refractivity (Wildman–Crippen MR) is 67.0 cm³/mol. The van der Waals surface area contributed by atoms with Crippen molar-refractivity contribution in [2.45, 2.75) is 45.4 Å². The van der Waals surface area contributed by atoms with Gasteiger partial charge in [0.2, 0.25) is 5.91 Å². The summed E-state index contributed by atoms with van der Waals surface area (Å²) in [5.41, 5.74) is 2.36. The molecule has 4 saturated carbocycles. The molecule has 0 aliphatic heterocycles. The molecule has 4 fully saturated rings. The van der Waals surface area contributed by atoms with E-state index in [0.717, 1.165) is 19.3 Å². The summed E-state index contributed by atoms with van der Waals surface area (Å²) < 4.78 is 0. The minimum atomic E-state index is -1.07. The Morgan fingerprint density at radius 2 is 1.89 bits per heavy atom. The fourth-order valence-corrected chi connectivity index (χ4v) is 5.26. The van der Waals surface area contributed by atoms with Crippen molar-refractivity contribution in [1.29, 1.82) is 0 Å². The third-order valence-electron chi connectivity index (χ3n) is 5.20. The predicted octanol–water partition coefficient (Wildman–Crippen LogP) is 1.73. The third-order valence-corrected chi connectivity index (χ3v) is 5.20. The van der Waals surface area contributed by atoms with Crippen molar-refractivity contribution in [3.05, 3.63) is 0 Å². The lowest BCUT2D eigenvalue weighted by atomic mass is 9.44. The Kier molecular flexibility index (Phi) is 2.85. The summed E-state index contributed by atoms with van der Waals surface area (Å²) in [6, 6.07) is 0. The zero-order valence-electron chi connectivity index (χ0n) is 11.3. The van der Waals surface area contributed by atoms with Crippen LogP contribution < -0.4 is 5.48 Å². The van der Waals surface area contributed by atoms with Gasteiger partial charge in [-0.25, -0.2) is 10.3 Å². The monoisotopic (exact) mass is 267 g/mol. The Morgan fingerprint density at radius 1 is 1.26 bits per heavy atom. The lowest BCUT2D eigenvalue weighted by molar-refractivity contribution is -0.170. The maximum absolute atomic E-state index is 12.4. The zero-order chi connectivity index (χ0) is 13.7. The van der Waals surface area contributed by atoms with E-state index in [9.17, 15) is 9.59 Å². The number of carboxylic acids is 1. The average Bonchev–Trinajstić information content (AvgIpc) is 2.24. The maximum Gasteiger partial charge on any atom is 0.332 e. The SMILES string of the molecule is CC12CC3CC(C1)CC(C(=O)NOCC(=O)O)(C3)C2. The van der Waals surface area contributed by atoms with E-state index in [1.807, 2.05) is 0 Å². The molecule has 0 aromatic heterocycles. The number of carbonyl (C=O) groups excluding carboxylic acids is 1. The van der Waals surface area contributed by atoms with Crippen molar-refractivity contribution >= 4 is 11.9 Å². The number of hydrogen-bond donors (Lipinski definition) is 2. The Hall–Kier alpha value is -1.10. The minimum Gasteiger partial charge on any atom is -0.479 e. The fourth-order valence-electron chi connectivity index (χ4n) is 5.26. The smallest absolute Gasteiger partial charge is 0.332 e. The van der Waals surface area contributed by atoms with Crippen LogP contribution in [0.25, 0.3) is 0 Å². The quantitative estimate of drug-likeness (QED) is 0.760. The first-order chi connectivity index (χ1) is 8.91. The summed E-state index contributed by atoms with van der Waals surface area (Å²) in [6.45, 7) is 1.82. The lowest BCUT2D eigenvalue weighted by Gasteiger charge is -2.60. The summed E-state index contributed by atoms with van der Waals surface area (Å²) >= 11 is 0. The van der Waals surface area contributed by atoms with Crippen LogP contribution in [0.5, 0.6) is 0 Å². The van der Waals surface area contributed by atoms with Crippen molar-refractivity contribution < 1.29 is 19.5 Å². The second-order valence-corrected chi connectivity index (χ2v) is 7.17. The summed E-state index contributed by atoms with van der Waals surface area (Å²) in [4.78, 5) is 27.6. The highest BCUT2D eigenvalue weighted by molar-refractivity contribution is 5.82. The number of nitrogens with one attached hydrogen (secondary N) is 1. The third kappa shape index (κ3) is 2.24. The molecule has 4 aliphatic rings. The van der Waals surface area contributed by atoms with Gasteiger partial charge in [0.05, 0.1) is 5.41 Å². The molecule has 1 amide bonds. The molecule has 0 aromatic rings. The van der Waals surface area contributed by atoms with E-state index in [1.54, 1.807) is 0 Å². The first-order valence-corrected chi connectivity index (χ1v) is 7.05. The second kappa shape index (κ2) is 4.20. The van der Waals surface area contributed by atoms with Gasteiger partial charge >= 0.3 is 5.97 Å². The highest BCUT2D eigenvalue weighted by Gasteiger charge is 2.58. The van der Waals surface area contributed by atoms with Gasteiger partial charge in [-0.2, -0.15) is 0 Å².